The van der Waals surface area contributed by atoms with E-state index in [-0.39, 0.29) is 11.7 Å². The number of hydrogen-bond acceptors (Lipinski definition) is 3. The highest BCUT2D eigenvalue weighted by Crippen LogP contribution is 2.54. The molecule has 6 heterocycles. The second kappa shape index (κ2) is 6.13. The van der Waals surface area contributed by atoms with Crippen LogP contribution in [0.15, 0.2) is 60.8 Å². The molecule has 1 aromatic heterocycles. The molecule has 3 aromatic rings. The average molecular weight is 370 g/mol. The minimum atomic E-state index is 0.0459. The molecule has 5 fully saturated rings. The molecule has 28 heavy (non-hydrogen) atoms. The van der Waals surface area contributed by atoms with E-state index < -0.39 is 0 Å². The molecule has 8 rings (SSSR count). The van der Waals surface area contributed by atoms with Gasteiger partial charge in [0.15, 0.2) is 0 Å². The number of benzene rings is 2. The third kappa shape index (κ3) is 2.33. The Hall–Kier alpha value is -2.23. The lowest BCUT2D eigenvalue weighted by molar-refractivity contribution is -0.274. The van der Waals surface area contributed by atoms with Crippen LogP contribution in [-0.2, 0) is 4.74 Å². The first-order valence-corrected chi connectivity index (χ1v) is 10.6. The van der Waals surface area contributed by atoms with Gasteiger partial charge >= 0.3 is 0 Å². The van der Waals surface area contributed by atoms with Gasteiger partial charge in [-0.2, -0.15) is 0 Å². The summed E-state index contributed by atoms with van der Waals surface area (Å²) in [4.78, 5) is 7.35. The Morgan fingerprint density at radius 1 is 1.11 bits per heavy atom. The number of ether oxygens (including phenoxy) is 1. The van der Waals surface area contributed by atoms with Gasteiger partial charge in [0.05, 0.1) is 17.2 Å². The maximum absolute atomic E-state index is 6.93. The highest BCUT2D eigenvalue weighted by Gasteiger charge is 2.58. The number of pyridine rings is 1. The van der Waals surface area contributed by atoms with Crippen molar-refractivity contribution in [2.75, 3.05) is 13.1 Å². The SMILES string of the molecule is CCC12CN3CCC1C[C@@H]3[C@H](c1ccnc3ccc(-c4ccccc4)cc13)O2. The molecule has 3 heteroatoms. The van der Waals surface area contributed by atoms with Crippen molar-refractivity contribution < 1.29 is 4.74 Å². The number of rotatable bonds is 3. The maximum atomic E-state index is 6.93. The number of nitrogens with zero attached hydrogens (tertiary/aromatic N) is 2. The zero-order valence-electron chi connectivity index (χ0n) is 16.3. The topological polar surface area (TPSA) is 25.4 Å². The molecule has 3 nitrogen and oxygen atoms in total. The van der Waals surface area contributed by atoms with Crippen molar-refractivity contribution in [1.29, 1.82) is 0 Å². The number of morpholine rings is 1. The summed E-state index contributed by atoms with van der Waals surface area (Å²) in [6, 6.07) is 20.0. The fourth-order valence-corrected chi connectivity index (χ4v) is 5.95. The van der Waals surface area contributed by atoms with E-state index in [0.29, 0.717) is 6.04 Å². The van der Waals surface area contributed by atoms with Gasteiger partial charge in [0, 0.05) is 24.2 Å². The standard InChI is InChI=1S/C25H26N2O/c1-2-25-16-27-13-11-19(25)15-23(27)24(28-25)20-10-12-26-22-9-8-18(14-21(20)22)17-6-4-3-5-7-17/h3-10,12,14,19,23-24H,2,11,13,15-16H2,1H3/t19?,23-,24+,25?/m1/s1. The van der Waals surface area contributed by atoms with Crippen molar-refractivity contribution in [3.63, 3.8) is 0 Å². The fourth-order valence-electron chi connectivity index (χ4n) is 5.95. The molecular weight excluding hydrogens is 344 g/mol. The molecule has 142 valence electrons. The second-order valence-corrected chi connectivity index (χ2v) is 8.71. The van der Waals surface area contributed by atoms with Crippen LogP contribution in [0, 0.1) is 5.92 Å². The van der Waals surface area contributed by atoms with Crippen LogP contribution in [0.1, 0.15) is 37.9 Å². The molecule has 5 aliphatic rings. The Morgan fingerprint density at radius 2 is 2.00 bits per heavy atom. The first kappa shape index (κ1) is 16.7. The summed E-state index contributed by atoms with van der Waals surface area (Å²) >= 11 is 0. The summed E-state index contributed by atoms with van der Waals surface area (Å²) in [7, 11) is 0. The third-order valence-corrected chi connectivity index (χ3v) is 7.47. The molecule has 2 aromatic carbocycles. The van der Waals surface area contributed by atoms with Gasteiger partial charge in [-0.1, -0.05) is 43.3 Å². The summed E-state index contributed by atoms with van der Waals surface area (Å²) < 4.78 is 6.93. The molecule has 0 saturated carbocycles. The highest BCUT2D eigenvalue weighted by atomic mass is 16.5. The van der Waals surface area contributed by atoms with Crippen LogP contribution in [0.4, 0.5) is 0 Å². The van der Waals surface area contributed by atoms with Gasteiger partial charge in [0.1, 0.15) is 0 Å². The minimum Gasteiger partial charge on any atom is -0.364 e. The van der Waals surface area contributed by atoms with Crippen molar-refractivity contribution >= 4 is 10.9 Å². The molecule has 0 spiro atoms. The Morgan fingerprint density at radius 3 is 2.79 bits per heavy atom. The predicted octanol–water partition coefficient (Wildman–Crippen LogP) is 5.22. The van der Waals surface area contributed by atoms with Crippen LogP contribution in [-0.4, -0.2) is 34.6 Å². The zero-order valence-corrected chi connectivity index (χ0v) is 16.3. The predicted molar refractivity (Wildman–Crippen MR) is 112 cm³/mol. The van der Waals surface area contributed by atoms with Crippen molar-refractivity contribution in [3.8, 4) is 11.1 Å². The molecule has 0 aliphatic carbocycles. The van der Waals surface area contributed by atoms with Gasteiger partial charge in [-0.25, -0.2) is 0 Å². The average Bonchev–Trinajstić information content (AvgIpc) is 2.78. The second-order valence-electron chi connectivity index (χ2n) is 8.71. The van der Waals surface area contributed by atoms with Crippen LogP contribution < -0.4 is 0 Å². The molecule has 5 aliphatic heterocycles. The molecule has 0 N–H and O–H groups in total. The number of aromatic nitrogens is 1. The van der Waals surface area contributed by atoms with Crippen molar-refractivity contribution in [2.45, 2.75) is 43.9 Å². The zero-order chi connectivity index (χ0) is 18.7. The Bertz CT molecular complexity index is 1030. The van der Waals surface area contributed by atoms with Gasteiger partial charge in [-0.3, -0.25) is 9.88 Å². The molecular formula is C25H26N2O. The van der Waals surface area contributed by atoms with Crippen LogP contribution >= 0.6 is 0 Å². The lowest BCUT2D eigenvalue weighted by Crippen LogP contribution is -2.70. The number of hydrogen-bond donors (Lipinski definition) is 0. The maximum Gasteiger partial charge on any atom is 0.0995 e. The highest BCUT2D eigenvalue weighted by molar-refractivity contribution is 5.87. The number of fused-ring (bicyclic) bond motifs is 3. The number of piperidine rings is 3. The van der Waals surface area contributed by atoms with Crippen molar-refractivity contribution in [1.82, 2.24) is 9.88 Å². The third-order valence-electron chi connectivity index (χ3n) is 7.47. The van der Waals surface area contributed by atoms with E-state index in [1.54, 1.807) is 0 Å². The largest absolute Gasteiger partial charge is 0.364 e. The van der Waals surface area contributed by atoms with Crippen LogP contribution in [0.3, 0.4) is 0 Å². The van der Waals surface area contributed by atoms with Crippen molar-refractivity contribution in [2.24, 2.45) is 5.92 Å². The molecule has 5 atom stereocenters. The molecule has 3 unspecified atom stereocenters. The van der Waals surface area contributed by atoms with Crippen molar-refractivity contribution in [3.05, 3.63) is 66.4 Å². The van der Waals surface area contributed by atoms with Crippen LogP contribution in [0.5, 0.6) is 0 Å². The minimum absolute atomic E-state index is 0.0459. The van der Waals surface area contributed by atoms with E-state index in [1.807, 2.05) is 6.20 Å². The Balaban J connectivity index is 1.48. The van der Waals surface area contributed by atoms with Gasteiger partial charge in [-0.15, -0.1) is 0 Å². The van der Waals surface area contributed by atoms with Crippen LogP contribution in [0.25, 0.3) is 22.0 Å². The Labute approximate surface area is 166 Å². The van der Waals surface area contributed by atoms with E-state index in [0.717, 1.165) is 24.4 Å². The van der Waals surface area contributed by atoms with Crippen LogP contribution in [0.2, 0.25) is 0 Å². The van der Waals surface area contributed by atoms with Gasteiger partial charge in [0.2, 0.25) is 0 Å². The molecule has 5 saturated heterocycles. The lowest BCUT2D eigenvalue weighted by atomic mass is 9.66. The van der Waals surface area contributed by atoms with E-state index in [1.165, 1.54) is 41.5 Å². The normalized spacial score (nSPS) is 33.5. The quantitative estimate of drug-likeness (QED) is 0.632. The summed E-state index contributed by atoms with van der Waals surface area (Å²) in [5.74, 6) is 0.733. The van der Waals surface area contributed by atoms with E-state index in [9.17, 15) is 0 Å². The molecule has 4 bridgehead atoms. The summed E-state index contributed by atoms with van der Waals surface area (Å²) in [6.07, 6.45) is 5.79. The van der Waals surface area contributed by atoms with Gasteiger partial charge in [-0.05, 0) is 66.6 Å². The fraction of sp³-hybridized carbons (Fsp3) is 0.400. The summed E-state index contributed by atoms with van der Waals surface area (Å²) in [5, 5.41) is 1.24. The summed E-state index contributed by atoms with van der Waals surface area (Å²) in [6.45, 7) is 4.65. The van der Waals surface area contributed by atoms with Gasteiger partial charge < -0.3 is 4.74 Å². The first-order valence-electron chi connectivity index (χ1n) is 10.6. The molecule has 0 amide bonds. The smallest absolute Gasteiger partial charge is 0.0995 e. The van der Waals surface area contributed by atoms with E-state index in [2.05, 4.69) is 71.4 Å². The molecule has 0 radical (unpaired) electrons. The van der Waals surface area contributed by atoms with Gasteiger partial charge in [0.25, 0.3) is 0 Å². The Kier molecular flexibility index (Phi) is 3.66. The monoisotopic (exact) mass is 370 g/mol. The van der Waals surface area contributed by atoms with E-state index >= 15 is 0 Å². The van der Waals surface area contributed by atoms with E-state index in [4.69, 9.17) is 4.74 Å². The lowest BCUT2D eigenvalue weighted by Gasteiger charge is -2.64. The first-order chi connectivity index (χ1) is 13.8. The summed E-state index contributed by atoms with van der Waals surface area (Å²) in [5.41, 5.74) is 4.92.